The van der Waals surface area contributed by atoms with Crippen LogP contribution < -0.4 is 4.90 Å². The van der Waals surface area contributed by atoms with Gasteiger partial charge in [0.05, 0.1) is 11.8 Å². The average molecular weight is 345 g/mol. The molecule has 3 heterocycles. The normalized spacial score (nSPS) is 18.0. The van der Waals surface area contributed by atoms with Gasteiger partial charge in [0, 0.05) is 32.4 Å². The SMILES string of the molecule is O=C(CSc1nnnn1C1CC1)N1CCN(c2ccccn2)CC1. The topological polar surface area (TPSA) is 80.0 Å². The molecule has 0 unspecified atom stereocenters. The molecule has 2 aromatic heterocycles. The minimum Gasteiger partial charge on any atom is -0.353 e. The second kappa shape index (κ2) is 6.76. The smallest absolute Gasteiger partial charge is 0.233 e. The van der Waals surface area contributed by atoms with E-state index in [1.807, 2.05) is 27.8 Å². The van der Waals surface area contributed by atoms with Crippen LogP contribution in [0.3, 0.4) is 0 Å². The van der Waals surface area contributed by atoms with Crippen molar-refractivity contribution in [2.45, 2.75) is 24.0 Å². The van der Waals surface area contributed by atoms with Crippen LogP contribution in [-0.2, 0) is 4.79 Å². The van der Waals surface area contributed by atoms with Crippen molar-refractivity contribution < 1.29 is 4.79 Å². The summed E-state index contributed by atoms with van der Waals surface area (Å²) in [5.41, 5.74) is 0. The molecule has 24 heavy (non-hydrogen) atoms. The van der Waals surface area contributed by atoms with E-state index >= 15 is 0 Å². The molecule has 0 N–H and O–H groups in total. The Balaban J connectivity index is 1.28. The second-order valence-electron chi connectivity index (χ2n) is 5.98. The number of rotatable bonds is 5. The van der Waals surface area contributed by atoms with Gasteiger partial charge in [-0.3, -0.25) is 4.79 Å². The van der Waals surface area contributed by atoms with E-state index in [1.54, 1.807) is 6.20 Å². The highest BCUT2D eigenvalue weighted by Crippen LogP contribution is 2.36. The molecule has 1 saturated carbocycles. The number of piperazine rings is 1. The molecule has 9 heteroatoms. The van der Waals surface area contributed by atoms with Crippen molar-refractivity contribution in [1.29, 1.82) is 0 Å². The van der Waals surface area contributed by atoms with Crippen LogP contribution >= 0.6 is 11.8 Å². The summed E-state index contributed by atoms with van der Waals surface area (Å²) in [6.07, 6.45) is 4.05. The van der Waals surface area contributed by atoms with Crippen LogP contribution in [0.2, 0.25) is 0 Å². The fourth-order valence-corrected chi connectivity index (χ4v) is 3.62. The number of aromatic nitrogens is 5. The van der Waals surface area contributed by atoms with Gasteiger partial charge in [-0.2, -0.15) is 0 Å². The maximum atomic E-state index is 12.4. The third-order valence-corrected chi connectivity index (χ3v) is 5.20. The van der Waals surface area contributed by atoms with E-state index in [0.717, 1.165) is 50.0 Å². The third kappa shape index (κ3) is 3.35. The van der Waals surface area contributed by atoms with E-state index in [4.69, 9.17) is 0 Å². The molecule has 2 aliphatic rings. The van der Waals surface area contributed by atoms with Gasteiger partial charge in [0.15, 0.2) is 0 Å². The quantitative estimate of drug-likeness (QED) is 0.743. The van der Waals surface area contributed by atoms with Crippen LogP contribution in [0.15, 0.2) is 29.6 Å². The van der Waals surface area contributed by atoms with E-state index in [2.05, 4.69) is 25.4 Å². The molecule has 2 aromatic rings. The number of tetrazole rings is 1. The summed E-state index contributed by atoms with van der Waals surface area (Å²) < 4.78 is 1.84. The number of pyridine rings is 1. The number of amides is 1. The van der Waals surface area contributed by atoms with Crippen molar-refractivity contribution in [3.63, 3.8) is 0 Å². The fourth-order valence-electron chi connectivity index (χ4n) is 2.77. The Hall–Kier alpha value is -2.16. The lowest BCUT2D eigenvalue weighted by molar-refractivity contribution is -0.128. The minimum atomic E-state index is 0.144. The van der Waals surface area contributed by atoms with Crippen LogP contribution in [0.25, 0.3) is 0 Å². The van der Waals surface area contributed by atoms with Gasteiger partial charge in [-0.1, -0.05) is 17.8 Å². The zero-order chi connectivity index (χ0) is 16.4. The van der Waals surface area contributed by atoms with Crippen LogP contribution in [0, 0.1) is 0 Å². The molecule has 0 bridgehead atoms. The monoisotopic (exact) mass is 345 g/mol. The highest BCUT2D eigenvalue weighted by atomic mass is 32.2. The van der Waals surface area contributed by atoms with E-state index in [9.17, 15) is 4.79 Å². The highest BCUT2D eigenvalue weighted by molar-refractivity contribution is 7.99. The van der Waals surface area contributed by atoms with Gasteiger partial charge in [-0.15, -0.1) is 5.10 Å². The highest BCUT2D eigenvalue weighted by Gasteiger charge is 2.28. The molecule has 1 aliphatic heterocycles. The van der Waals surface area contributed by atoms with Crippen molar-refractivity contribution in [1.82, 2.24) is 30.1 Å². The predicted molar refractivity (Wildman–Crippen MR) is 89.8 cm³/mol. The van der Waals surface area contributed by atoms with Crippen LogP contribution in [0.1, 0.15) is 18.9 Å². The number of thioether (sulfide) groups is 1. The lowest BCUT2D eigenvalue weighted by Crippen LogP contribution is -2.49. The van der Waals surface area contributed by atoms with Gasteiger partial charge in [0.2, 0.25) is 11.1 Å². The van der Waals surface area contributed by atoms with Crippen LogP contribution in [0.4, 0.5) is 5.82 Å². The number of carbonyl (C=O) groups excluding carboxylic acids is 1. The maximum absolute atomic E-state index is 12.4. The number of carbonyl (C=O) groups is 1. The van der Waals surface area contributed by atoms with Crippen molar-refractivity contribution in [3.05, 3.63) is 24.4 Å². The average Bonchev–Trinajstić information content (AvgIpc) is 3.38. The van der Waals surface area contributed by atoms with Crippen LogP contribution in [-0.4, -0.2) is 67.9 Å². The summed E-state index contributed by atoms with van der Waals surface area (Å²) in [5, 5.41) is 12.5. The first-order valence-electron chi connectivity index (χ1n) is 8.15. The lowest BCUT2D eigenvalue weighted by atomic mass is 10.3. The van der Waals surface area contributed by atoms with Gasteiger partial charge in [-0.25, -0.2) is 9.67 Å². The first-order chi connectivity index (χ1) is 11.8. The molecule has 2 fully saturated rings. The fraction of sp³-hybridized carbons (Fsp3) is 0.533. The molecule has 1 aliphatic carbocycles. The Morgan fingerprint density at radius 2 is 2.04 bits per heavy atom. The van der Waals surface area contributed by atoms with Crippen LogP contribution in [0.5, 0.6) is 0 Å². The lowest BCUT2D eigenvalue weighted by Gasteiger charge is -2.35. The Bertz CT molecular complexity index is 695. The second-order valence-corrected chi connectivity index (χ2v) is 6.92. The molecule has 126 valence electrons. The van der Waals surface area contributed by atoms with Gasteiger partial charge >= 0.3 is 0 Å². The summed E-state index contributed by atoms with van der Waals surface area (Å²) in [6.45, 7) is 3.08. The molecule has 0 aromatic carbocycles. The Morgan fingerprint density at radius 3 is 2.75 bits per heavy atom. The molecule has 0 radical (unpaired) electrons. The van der Waals surface area contributed by atoms with E-state index in [1.165, 1.54) is 11.8 Å². The molecule has 0 atom stereocenters. The van der Waals surface area contributed by atoms with Crippen molar-refractivity contribution >= 4 is 23.5 Å². The summed E-state index contributed by atoms with van der Waals surface area (Å²) >= 11 is 1.43. The zero-order valence-electron chi connectivity index (χ0n) is 13.3. The number of anilines is 1. The van der Waals surface area contributed by atoms with E-state index < -0.39 is 0 Å². The van der Waals surface area contributed by atoms with Gasteiger partial charge in [0.25, 0.3) is 0 Å². The molecular weight excluding hydrogens is 326 g/mol. The van der Waals surface area contributed by atoms with Crippen molar-refractivity contribution in [2.75, 3.05) is 36.8 Å². The van der Waals surface area contributed by atoms with E-state index in [-0.39, 0.29) is 5.91 Å². The van der Waals surface area contributed by atoms with E-state index in [0.29, 0.717) is 11.8 Å². The van der Waals surface area contributed by atoms with Crippen molar-refractivity contribution in [2.24, 2.45) is 0 Å². The maximum Gasteiger partial charge on any atom is 0.233 e. The third-order valence-electron chi connectivity index (χ3n) is 4.29. The molecule has 4 rings (SSSR count). The summed E-state index contributed by atoms with van der Waals surface area (Å²) in [5.74, 6) is 1.50. The molecule has 0 spiro atoms. The zero-order valence-corrected chi connectivity index (χ0v) is 14.1. The summed E-state index contributed by atoms with van der Waals surface area (Å²) in [7, 11) is 0. The molecule has 8 nitrogen and oxygen atoms in total. The Kier molecular flexibility index (Phi) is 4.33. The standard InChI is InChI=1S/C15H19N7OS/c23-14(11-24-15-17-18-19-22(15)12-4-5-12)21-9-7-20(8-10-21)13-3-1-2-6-16-13/h1-3,6,12H,4-5,7-11H2. The Labute approximate surface area is 144 Å². The Morgan fingerprint density at radius 1 is 1.21 bits per heavy atom. The number of hydrogen-bond donors (Lipinski definition) is 0. The first-order valence-corrected chi connectivity index (χ1v) is 9.14. The number of hydrogen-bond acceptors (Lipinski definition) is 7. The van der Waals surface area contributed by atoms with Gasteiger partial charge in [-0.05, 0) is 35.4 Å². The van der Waals surface area contributed by atoms with Gasteiger partial charge in [0.1, 0.15) is 5.82 Å². The minimum absolute atomic E-state index is 0.144. The molecular formula is C15H19N7OS. The summed E-state index contributed by atoms with van der Waals surface area (Å²) in [4.78, 5) is 20.9. The molecule has 1 saturated heterocycles. The van der Waals surface area contributed by atoms with Crippen molar-refractivity contribution in [3.8, 4) is 0 Å². The largest absolute Gasteiger partial charge is 0.353 e. The predicted octanol–water partition coefficient (Wildman–Crippen LogP) is 0.844. The molecule has 1 amide bonds. The number of nitrogens with zero attached hydrogens (tertiary/aromatic N) is 7. The summed E-state index contributed by atoms with van der Waals surface area (Å²) in [6, 6.07) is 6.33. The van der Waals surface area contributed by atoms with Gasteiger partial charge < -0.3 is 9.80 Å². The first kappa shape index (κ1) is 15.4.